The van der Waals surface area contributed by atoms with E-state index in [2.05, 4.69) is 52.9 Å². The Hall–Kier alpha value is -1.86. The summed E-state index contributed by atoms with van der Waals surface area (Å²) in [5.74, 6) is 1.84. The van der Waals surface area contributed by atoms with Crippen LogP contribution in [0.4, 0.5) is 0 Å². The lowest BCUT2D eigenvalue weighted by atomic mass is 9.97. The van der Waals surface area contributed by atoms with Gasteiger partial charge in [-0.05, 0) is 57.8 Å². The van der Waals surface area contributed by atoms with Crippen LogP contribution in [0, 0.1) is 13.8 Å². The van der Waals surface area contributed by atoms with E-state index in [0.29, 0.717) is 11.7 Å². The van der Waals surface area contributed by atoms with Crippen molar-refractivity contribution in [2.24, 2.45) is 7.05 Å². The van der Waals surface area contributed by atoms with Crippen LogP contribution in [-0.2, 0) is 11.8 Å². The topological polar surface area (TPSA) is 71.8 Å². The minimum absolute atomic E-state index is 0.0113. The fraction of sp³-hybridized carbons (Fsp3) is 0.550. The molecule has 2 N–H and O–H groups in total. The summed E-state index contributed by atoms with van der Waals surface area (Å²) < 4.78 is 2.04. The molecule has 0 radical (unpaired) electrons. The van der Waals surface area contributed by atoms with Gasteiger partial charge in [0.15, 0.2) is 5.16 Å². The first kappa shape index (κ1) is 19.9. The summed E-state index contributed by atoms with van der Waals surface area (Å²) in [5.41, 5.74) is 3.57. The highest BCUT2D eigenvalue weighted by atomic mass is 32.2. The maximum Gasteiger partial charge on any atom is 0.230 e. The average molecular weight is 388 g/mol. The lowest BCUT2D eigenvalue weighted by molar-refractivity contribution is -0.119. The normalized spacial score (nSPS) is 16.3. The first-order chi connectivity index (χ1) is 13.0. The third-order valence-electron chi connectivity index (χ3n) is 5.18. The van der Waals surface area contributed by atoms with Gasteiger partial charge in [0, 0.05) is 13.0 Å². The Morgan fingerprint density at radius 2 is 2.07 bits per heavy atom. The number of thioether (sulfide) groups is 1. The molecule has 1 amide bonds. The fourth-order valence-electron chi connectivity index (χ4n) is 3.60. The largest absolute Gasteiger partial charge is 0.349 e. The molecule has 1 aliphatic heterocycles. The molecule has 0 bridgehead atoms. The van der Waals surface area contributed by atoms with Crippen LogP contribution in [-0.4, -0.2) is 39.5 Å². The highest BCUT2D eigenvalue weighted by Crippen LogP contribution is 2.26. The van der Waals surface area contributed by atoms with E-state index in [4.69, 9.17) is 0 Å². The molecule has 146 valence electrons. The minimum Gasteiger partial charge on any atom is -0.349 e. The Balaban J connectivity index is 1.56. The molecule has 2 aromatic rings. The zero-order chi connectivity index (χ0) is 19.4. The van der Waals surface area contributed by atoms with Crippen LogP contribution in [0.5, 0.6) is 0 Å². The van der Waals surface area contributed by atoms with Crippen LogP contribution in [0.1, 0.15) is 54.2 Å². The van der Waals surface area contributed by atoms with Crippen molar-refractivity contribution >= 4 is 17.7 Å². The molecule has 1 fully saturated rings. The second-order valence-electron chi connectivity index (χ2n) is 7.36. The van der Waals surface area contributed by atoms with Gasteiger partial charge in [-0.3, -0.25) is 4.79 Å². The summed E-state index contributed by atoms with van der Waals surface area (Å²) in [6, 6.07) is 6.32. The lowest BCUT2D eigenvalue weighted by Crippen LogP contribution is -2.29. The Morgan fingerprint density at radius 3 is 2.81 bits per heavy atom. The molecule has 1 aliphatic rings. The van der Waals surface area contributed by atoms with Gasteiger partial charge >= 0.3 is 0 Å². The van der Waals surface area contributed by atoms with Gasteiger partial charge in [0.05, 0.1) is 11.8 Å². The van der Waals surface area contributed by atoms with Crippen LogP contribution in [0.3, 0.4) is 0 Å². The van der Waals surface area contributed by atoms with Crippen molar-refractivity contribution in [1.82, 2.24) is 25.4 Å². The summed E-state index contributed by atoms with van der Waals surface area (Å²) in [5, 5.41) is 16.0. The summed E-state index contributed by atoms with van der Waals surface area (Å²) in [4.78, 5) is 12.4. The number of benzene rings is 1. The van der Waals surface area contributed by atoms with E-state index in [-0.39, 0.29) is 11.9 Å². The molecule has 6 nitrogen and oxygen atoms in total. The molecule has 1 aromatic carbocycles. The maximum absolute atomic E-state index is 12.4. The third kappa shape index (κ3) is 4.90. The quantitative estimate of drug-likeness (QED) is 0.746. The van der Waals surface area contributed by atoms with Crippen molar-refractivity contribution in [2.45, 2.75) is 50.7 Å². The number of carbonyl (C=O) groups excluding carboxylic acids is 1. The van der Waals surface area contributed by atoms with Gasteiger partial charge in [0.2, 0.25) is 5.91 Å². The van der Waals surface area contributed by atoms with Gasteiger partial charge in [0.25, 0.3) is 0 Å². The van der Waals surface area contributed by atoms with Crippen molar-refractivity contribution in [3.05, 3.63) is 40.7 Å². The zero-order valence-electron chi connectivity index (χ0n) is 16.6. The predicted molar refractivity (Wildman–Crippen MR) is 109 cm³/mol. The van der Waals surface area contributed by atoms with E-state index in [9.17, 15) is 4.79 Å². The predicted octanol–water partition coefficient (Wildman–Crippen LogP) is 2.87. The smallest absolute Gasteiger partial charge is 0.230 e. The highest BCUT2D eigenvalue weighted by molar-refractivity contribution is 7.99. The number of hydrogen-bond donors (Lipinski definition) is 2. The molecule has 2 heterocycles. The molecular weight excluding hydrogens is 358 g/mol. The molecule has 1 unspecified atom stereocenters. The van der Waals surface area contributed by atoms with E-state index in [1.807, 2.05) is 18.5 Å². The fourth-order valence-corrected chi connectivity index (χ4v) is 4.33. The van der Waals surface area contributed by atoms with Crippen molar-refractivity contribution in [2.75, 3.05) is 18.8 Å². The van der Waals surface area contributed by atoms with Gasteiger partial charge < -0.3 is 15.2 Å². The molecule has 0 saturated carbocycles. The Kier molecular flexibility index (Phi) is 6.55. The second kappa shape index (κ2) is 8.89. The van der Waals surface area contributed by atoms with Gasteiger partial charge in [-0.1, -0.05) is 35.5 Å². The van der Waals surface area contributed by atoms with E-state index in [1.165, 1.54) is 28.5 Å². The van der Waals surface area contributed by atoms with Gasteiger partial charge in [-0.2, -0.15) is 0 Å². The summed E-state index contributed by atoms with van der Waals surface area (Å²) in [7, 11) is 2.00. The molecular formula is C20H29N5OS. The molecule has 0 aliphatic carbocycles. The molecule has 1 atom stereocenters. The average Bonchev–Trinajstić information content (AvgIpc) is 3.03. The van der Waals surface area contributed by atoms with Crippen LogP contribution in [0.2, 0.25) is 0 Å². The highest BCUT2D eigenvalue weighted by Gasteiger charge is 2.22. The van der Waals surface area contributed by atoms with E-state index in [1.54, 1.807) is 0 Å². The van der Waals surface area contributed by atoms with Gasteiger partial charge in [-0.25, -0.2) is 0 Å². The van der Waals surface area contributed by atoms with Crippen molar-refractivity contribution in [3.63, 3.8) is 0 Å². The molecule has 1 aromatic heterocycles. The summed E-state index contributed by atoms with van der Waals surface area (Å²) in [6.45, 7) is 8.23. The Labute approximate surface area is 165 Å². The number of carbonyl (C=O) groups is 1. The zero-order valence-corrected chi connectivity index (χ0v) is 17.4. The van der Waals surface area contributed by atoms with E-state index < -0.39 is 0 Å². The Morgan fingerprint density at radius 1 is 1.33 bits per heavy atom. The molecule has 0 spiro atoms. The van der Waals surface area contributed by atoms with Crippen molar-refractivity contribution in [3.8, 4) is 0 Å². The third-order valence-corrected chi connectivity index (χ3v) is 6.20. The van der Waals surface area contributed by atoms with Gasteiger partial charge in [-0.15, -0.1) is 10.2 Å². The first-order valence-electron chi connectivity index (χ1n) is 9.55. The standard InChI is InChI=1S/C20H29N5OS/c1-13-5-6-14(2)17(11-13)15(3)22-18(26)12-27-20-24-23-19(25(20)4)16-7-9-21-10-8-16/h5-6,11,15-16,21H,7-10,12H2,1-4H3,(H,22,26). The molecule has 1 saturated heterocycles. The van der Waals surface area contributed by atoms with Crippen molar-refractivity contribution in [1.29, 1.82) is 0 Å². The van der Waals surface area contributed by atoms with Crippen LogP contribution >= 0.6 is 11.8 Å². The number of amides is 1. The monoisotopic (exact) mass is 387 g/mol. The lowest BCUT2D eigenvalue weighted by Gasteiger charge is -2.21. The minimum atomic E-state index is -0.0113. The molecule has 7 heteroatoms. The number of nitrogens with one attached hydrogen (secondary N) is 2. The van der Waals surface area contributed by atoms with Crippen LogP contribution < -0.4 is 10.6 Å². The van der Waals surface area contributed by atoms with Crippen molar-refractivity contribution < 1.29 is 4.79 Å². The van der Waals surface area contributed by atoms with E-state index >= 15 is 0 Å². The number of hydrogen-bond acceptors (Lipinski definition) is 5. The first-order valence-corrected chi connectivity index (χ1v) is 10.5. The number of piperidine rings is 1. The second-order valence-corrected chi connectivity index (χ2v) is 8.30. The molecule has 27 heavy (non-hydrogen) atoms. The summed E-state index contributed by atoms with van der Waals surface area (Å²) in [6.07, 6.45) is 2.18. The van der Waals surface area contributed by atoms with Crippen LogP contribution in [0.15, 0.2) is 23.4 Å². The van der Waals surface area contributed by atoms with Gasteiger partial charge in [0.1, 0.15) is 5.82 Å². The summed E-state index contributed by atoms with van der Waals surface area (Å²) >= 11 is 1.45. The maximum atomic E-state index is 12.4. The number of rotatable bonds is 6. The molecule has 3 rings (SSSR count). The number of aromatic nitrogens is 3. The SMILES string of the molecule is Cc1ccc(C)c(C(C)NC(=O)CSc2nnc(C3CCNCC3)n2C)c1. The van der Waals surface area contributed by atoms with Crippen LogP contribution in [0.25, 0.3) is 0 Å². The Bertz CT molecular complexity index is 798. The van der Waals surface area contributed by atoms with E-state index in [0.717, 1.165) is 36.9 Å². The number of aryl methyl sites for hydroxylation is 2. The number of nitrogens with zero attached hydrogens (tertiary/aromatic N) is 3.